The molecule has 0 N–H and O–H groups in total. The van der Waals surface area contributed by atoms with Crippen LogP contribution in [0.4, 0.5) is 4.79 Å². The molecule has 2 heterocycles. The van der Waals surface area contributed by atoms with Gasteiger partial charge in [0.05, 0.1) is 5.54 Å². The Morgan fingerprint density at radius 1 is 1.17 bits per heavy atom. The van der Waals surface area contributed by atoms with Gasteiger partial charge in [0.2, 0.25) is 0 Å². The SMILES string of the molecule is CC(C)(C)OC(=O)N1CCCCC12CN(Cc1ccccc1)C2. The zero-order valence-corrected chi connectivity index (χ0v) is 14.5. The van der Waals surface area contributed by atoms with Gasteiger partial charge in [0.15, 0.2) is 0 Å². The summed E-state index contributed by atoms with van der Waals surface area (Å²) in [6, 6.07) is 10.5. The van der Waals surface area contributed by atoms with Crippen molar-refractivity contribution in [1.82, 2.24) is 9.80 Å². The van der Waals surface area contributed by atoms with E-state index in [1.807, 2.05) is 31.7 Å². The minimum Gasteiger partial charge on any atom is -0.444 e. The van der Waals surface area contributed by atoms with E-state index in [0.717, 1.165) is 39.0 Å². The van der Waals surface area contributed by atoms with Crippen molar-refractivity contribution < 1.29 is 9.53 Å². The van der Waals surface area contributed by atoms with Gasteiger partial charge in [0, 0.05) is 26.2 Å². The normalized spacial score (nSPS) is 21.1. The third kappa shape index (κ3) is 3.69. The fourth-order valence-electron chi connectivity index (χ4n) is 3.77. The summed E-state index contributed by atoms with van der Waals surface area (Å²) in [4.78, 5) is 17.0. The van der Waals surface area contributed by atoms with E-state index in [9.17, 15) is 4.79 Å². The molecule has 2 aliphatic rings. The van der Waals surface area contributed by atoms with E-state index >= 15 is 0 Å². The van der Waals surface area contributed by atoms with Crippen LogP contribution in [0.3, 0.4) is 0 Å². The molecule has 3 rings (SSSR count). The Morgan fingerprint density at radius 3 is 2.52 bits per heavy atom. The molecule has 0 aromatic heterocycles. The van der Waals surface area contributed by atoms with Gasteiger partial charge in [0.25, 0.3) is 0 Å². The maximum atomic E-state index is 12.6. The van der Waals surface area contributed by atoms with E-state index < -0.39 is 5.60 Å². The summed E-state index contributed by atoms with van der Waals surface area (Å²) >= 11 is 0. The first-order valence-corrected chi connectivity index (χ1v) is 8.65. The number of nitrogens with zero attached hydrogens (tertiary/aromatic N) is 2. The van der Waals surface area contributed by atoms with Gasteiger partial charge < -0.3 is 4.74 Å². The van der Waals surface area contributed by atoms with Crippen molar-refractivity contribution in [3.63, 3.8) is 0 Å². The van der Waals surface area contributed by atoms with Gasteiger partial charge in [-0.05, 0) is 45.6 Å². The molecular weight excluding hydrogens is 288 g/mol. The molecule has 23 heavy (non-hydrogen) atoms. The maximum Gasteiger partial charge on any atom is 0.410 e. The van der Waals surface area contributed by atoms with Crippen LogP contribution in [0, 0.1) is 0 Å². The lowest BCUT2D eigenvalue weighted by molar-refractivity contribution is -0.0845. The largest absolute Gasteiger partial charge is 0.444 e. The van der Waals surface area contributed by atoms with Crippen molar-refractivity contribution in [3.8, 4) is 0 Å². The Bertz CT molecular complexity index is 544. The minimum atomic E-state index is -0.427. The fourth-order valence-corrected chi connectivity index (χ4v) is 3.77. The smallest absolute Gasteiger partial charge is 0.410 e. The van der Waals surface area contributed by atoms with Crippen LogP contribution in [0.25, 0.3) is 0 Å². The standard InChI is InChI=1S/C19H28N2O2/c1-18(2,3)23-17(22)21-12-8-7-11-19(21)14-20(15-19)13-16-9-5-4-6-10-16/h4-6,9-10H,7-8,11-15H2,1-3H3. The average molecular weight is 316 g/mol. The van der Waals surface area contributed by atoms with Crippen molar-refractivity contribution >= 4 is 6.09 Å². The van der Waals surface area contributed by atoms with Gasteiger partial charge in [-0.15, -0.1) is 0 Å². The van der Waals surface area contributed by atoms with E-state index in [4.69, 9.17) is 4.74 Å². The van der Waals surface area contributed by atoms with Crippen LogP contribution in [-0.4, -0.2) is 46.7 Å². The first-order valence-electron chi connectivity index (χ1n) is 8.65. The van der Waals surface area contributed by atoms with Gasteiger partial charge in [-0.25, -0.2) is 4.79 Å². The molecule has 0 atom stereocenters. The van der Waals surface area contributed by atoms with Crippen LogP contribution in [0.2, 0.25) is 0 Å². The second-order valence-electron chi connectivity index (χ2n) is 7.94. The molecule has 2 saturated heterocycles. The lowest BCUT2D eigenvalue weighted by Gasteiger charge is -2.57. The highest BCUT2D eigenvalue weighted by Crippen LogP contribution is 2.38. The topological polar surface area (TPSA) is 32.8 Å². The molecule has 2 aliphatic heterocycles. The number of carbonyl (C=O) groups excluding carboxylic acids is 1. The van der Waals surface area contributed by atoms with Crippen LogP contribution in [0.5, 0.6) is 0 Å². The number of piperidine rings is 1. The summed E-state index contributed by atoms with van der Waals surface area (Å²) in [7, 11) is 0. The second-order valence-corrected chi connectivity index (χ2v) is 7.94. The number of rotatable bonds is 2. The Morgan fingerprint density at radius 2 is 1.87 bits per heavy atom. The number of likely N-dealkylation sites (tertiary alicyclic amines) is 2. The monoisotopic (exact) mass is 316 g/mol. The zero-order chi connectivity index (χ0) is 16.5. The van der Waals surface area contributed by atoms with Crippen LogP contribution >= 0.6 is 0 Å². The Hall–Kier alpha value is -1.55. The molecule has 0 aliphatic carbocycles. The van der Waals surface area contributed by atoms with E-state index in [0.29, 0.717) is 0 Å². The molecule has 4 heteroatoms. The Balaban J connectivity index is 1.63. The molecule has 1 aromatic rings. The summed E-state index contributed by atoms with van der Waals surface area (Å²) in [5.41, 5.74) is 0.903. The highest BCUT2D eigenvalue weighted by Gasteiger charge is 2.51. The van der Waals surface area contributed by atoms with Crippen molar-refractivity contribution in [2.45, 2.75) is 57.7 Å². The van der Waals surface area contributed by atoms with Crippen LogP contribution in [0.15, 0.2) is 30.3 Å². The molecule has 0 radical (unpaired) electrons. The third-order valence-electron chi connectivity index (χ3n) is 4.75. The van der Waals surface area contributed by atoms with Crippen molar-refractivity contribution in [2.75, 3.05) is 19.6 Å². The zero-order valence-electron chi connectivity index (χ0n) is 14.5. The van der Waals surface area contributed by atoms with Gasteiger partial charge in [-0.1, -0.05) is 30.3 Å². The third-order valence-corrected chi connectivity index (χ3v) is 4.75. The average Bonchev–Trinajstić information content (AvgIpc) is 2.45. The molecule has 126 valence electrons. The molecule has 0 unspecified atom stereocenters. The maximum absolute atomic E-state index is 12.6. The first-order chi connectivity index (χ1) is 10.9. The molecule has 0 saturated carbocycles. The highest BCUT2D eigenvalue weighted by molar-refractivity contribution is 5.70. The Labute approximate surface area is 139 Å². The molecule has 1 amide bonds. The van der Waals surface area contributed by atoms with E-state index in [2.05, 4.69) is 29.2 Å². The predicted octanol–water partition coefficient (Wildman–Crippen LogP) is 3.66. The van der Waals surface area contributed by atoms with E-state index in [1.54, 1.807) is 0 Å². The molecule has 1 aromatic carbocycles. The van der Waals surface area contributed by atoms with Crippen LogP contribution < -0.4 is 0 Å². The lowest BCUT2D eigenvalue weighted by Crippen LogP contribution is -2.72. The summed E-state index contributed by atoms with van der Waals surface area (Å²) in [5.74, 6) is 0. The van der Waals surface area contributed by atoms with Gasteiger partial charge >= 0.3 is 6.09 Å². The van der Waals surface area contributed by atoms with Gasteiger partial charge in [-0.2, -0.15) is 0 Å². The first kappa shape index (κ1) is 16.3. The molecule has 1 spiro atoms. The fraction of sp³-hybridized carbons (Fsp3) is 0.632. The van der Waals surface area contributed by atoms with Crippen LogP contribution in [-0.2, 0) is 11.3 Å². The number of hydrogen-bond donors (Lipinski definition) is 0. The quantitative estimate of drug-likeness (QED) is 0.835. The molecular formula is C19H28N2O2. The van der Waals surface area contributed by atoms with E-state index in [1.165, 1.54) is 12.0 Å². The van der Waals surface area contributed by atoms with Crippen molar-refractivity contribution in [3.05, 3.63) is 35.9 Å². The number of ether oxygens (including phenoxy) is 1. The lowest BCUT2D eigenvalue weighted by atomic mass is 9.79. The van der Waals surface area contributed by atoms with E-state index in [-0.39, 0.29) is 11.6 Å². The number of amides is 1. The van der Waals surface area contributed by atoms with Crippen LogP contribution in [0.1, 0.15) is 45.6 Å². The number of carbonyl (C=O) groups is 1. The van der Waals surface area contributed by atoms with Crippen molar-refractivity contribution in [1.29, 1.82) is 0 Å². The van der Waals surface area contributed by atoms with Gasteiger partial charge in [0.1, 0.15) is 5.60 Å². The van der Waals surface area contributed by atoms with Gasteiger partial charge in [-0.3, -0.25) is 9.80 Å². The second kappa shape index (κ2) is 6.16. The number of hydrogen-bond acceptors (Lipinski definition) is 3. The summed E-state index contributed by atoms with van der Waals surface area (Å²) in [6.07, 6.45) is 3.24. The molecule has 2 fully saturated rings. The summed E-state index contributed by atoms with van der Waals surface area (Å²) in [5, 5.41) is 0. The predicted molar refractivity (Wildman–Crippen MR) is 91.2 cm³/mol. The number of benzene rings is 1. The Kier molecular flexibility index (Phi) is 4.37. The summed E-state index contributed by atoms with van der Waals surface area (Å²) in [6.45, 7) is 9.51. The minimum absolute atomic E-state index is 0.00460. The highest BCUT2D eigenvalue weighted by atomic mass is 16.6. The van der Waals surface area contributed by atoms with Crippen molar-refractivity contribution in [2.24, 2.45) is 0 Å². The molecule has 4 nitrogen and oxygen atoms in total. The molecule has 0 bridgehead atoms. The summed E-state index contributed by atoms with van der Waals surface area (Å²) < 4.78 is 5.63.